The largest absolute Gasteiger partial charge is 0.390 e. The van der Waals surface area contributed by atoms with Gasteiger partial charge >= 0.3 is 0 Å². The minimum Gasteiger partial charge on any atom is -0.390 e. The summed E-state index contributed by atoms with van der Waals surface area (Å²) >= 11 is 0. The maximum Gasteiger partial charge on any atom is 0.160 e. The summed E-state index contributed by atoms with van der Waals surface area (Å²) in [4.78, 5) is 0. The molecule has 3 aliphatic rings. The Bertz CT molecular complexity index is 663. The Kier molecular flexibility index (Phi) is 3.54. The maximum absolute atomic E-state index is 12.9. The highest BCUT2D eigenvalue weighted by molar-refractivity contribution is 7.97. The highest BCUT2D eigenvalue weighted by atomic mass is 32.2. The van der Waals surface area contributed by atoms with Gasteiger partial charge in [0.1, 0.15) is 4.75 Å². The Balaban J connectivity index is 2.07. The molecule has 1 aliphatic heterocycles. The van der Waals surface area contributed by atoms with Crippen LogP contribution in [0.2, 0.25) is 0 Å². The number of rotatable bonds is 5. The molecule has 0 aromatic heterocycles. The fourth-order valence-corrected chi connectivity index (χ4v) is 10.7. The van der Waals surface area contributed by atoms with Gasteiger partial charge in [-0.2, -0.15) is 0 Å². The van der Waals surface area contributed by atoms with Gasteiger partial charge < -0.3 is 5.11 Å². The predicted molar refractivity (Wildman–Crippen MR) is 80.4 cm³/mol. The van der Waals surface area contributed by atoms with Gasteiger partial charge in [0, 0.05) is 5.92 Å². The highest BCUT2D eigenvalue weighted by Crippen LogP contribution is 2.59. The summed E-state index contributed by atoms with van der Waals surface area (Å²) in [5, 5.41) is 9.46. The number of allylic oxidation sites excluding steroid dienone is 2. The second kappa shape index (κ2) is 4.80. The summed E-state index contributed by atoms with van der Waals surface area (Å²) < 4.78 is 49.1. The molecular weight excluding hydrogens is 312 g/mol. The van der Waals surface area contributed by atoms with Crippen LogP contribution in [-0.2, 0) is 19.7 Å². The molecule has 1 heterocycles. The average molecular weight is 334 g/mol. The van der Waals surface area contributed by atoms with E-state index in [-0.39, 0.29) is 17.6 Å². The average Bonchev–Trinajstić information content (AvgIpc) is 3.01. The number of hydrogen-bond acceptors (Lipinski definition) is 5. The molecule has 0 aromatic rings. The molecule has 2 fully saturated rings. The summed E-state index contributed by atoms with van der Waals surface area (Å²) in [6.07, 6.45) is 5.10. The molecule has 0 unspecified atom stereocenters. The van der Waals surface area contributed by atoms with Crippen LogP contribution >= 0.6 is 0 Å². The first-order chi connectivity index (χ1) is 9.77. The van der Waals surface area contributed by atoms with Crippen molar-refractivity contribution in [1.82, 2.24) is 0 Å². The zero-order valence-corrected chi connectivity index (χ0v) is 13.7. The first-order valence-electron chi connectivity index (χ1n) is 7.57. The quantitative estimate of drug-likeness (QED) is 0.590. The van der Waals surface area contributed by atoms with Gasteiger partial charge in [-0.25, -0.2) is 16.8 Å². The molecule has 5 atom stereocenters. The summed E-state index contributed by atoms with van der Waals surface area (Å²) in [6.45, 7) is 1.99. The maximum atomic E-state index is 12.9. The molecule has 2 aliphatic carbocycles. The topological polar surface area (TPSA) is 88.5 Å². The van der Waals surface area contributed by atoms with Crippen LogP contribution in [0.5, 0.6) is 0 Å². The molecule has 0 radical (unpaired) electrons. The second-order valence-corrected chi connectivity index (χ2v) is 11.0. The van der Waals surface area contributed by atoms with Crippen molar-refractivity contribution >= 4 is 19.7 Å². The monoisotopic (exact) mass is 334 g/mol. The molecule has 1 saturated carbocycles. The minimum absolute atomic E-state index is 0.0268. The smallest absolute Gasteiger partial charge is 0.160 e. The molecular formula is C14H22O5S2. The van der Waals surface area contributed by atoms with Crippen molar-refractivity contribution in [2.75, 3.05) is 11.5 Å². The summed E-state index contributed by atoms with van der Waals surface area (Å²) in [5.41, 5.74) is 0. The van der Waals surface area contributed by atoms with Crippen LogP contribution < -0.4 is 0 Å². The molecule has 0 aromatic carbocycles. The number of fused-ring (bicyclic) bond motifs is 5. The van der Waals surface area contributed by atoms with Crippen LogP contribution in [0.3, 0.4) is 0 Å². The van der Waals surface area contributed by atoms with Crippen LogP contribution in [0.15, 0.2) is 12.2 Å². The summed E-state index contributed by atoms with van der Waals surface area (Å²) in [7, 11) is -7.22. The van der Waals surface area contributed by atoms with Crippen molar-refractivity contribution in [3.63, 3.8) is 0 Å². The van der Waals surface area contributed by atoms with E-state index in [0.717, 1.165) is 12.8 Å². The third kappa shape index (κ3) is 1.90. The Morgan fingerprint density at radius 1 is 1.29 bits per heavy atom. The van der Waals surface area contributed by atoms with Crippen LogP contribution in [0.25, 0.3) is 0 Å². The lowest BCUT2D eigenvalue weighted by Crippen LogP contribution is -2.57. The molecule has 1 N–H and O–H groups in total. The molecule has 0 spiro atoms. The molecule has 21 heavy (non-hydrogen) atoms. The lowest BCUT2D eigenvalue weighted by molar-refractivity contribution is 0.142. The van der Waals surface area contributed by atoms with Crippen LogP contribution in [-0.4, -0.2) is 49.5 Å². The molecule has 5 nitrogen and oxygen atoms in total. The second-order valence-electron chi connectivity index (χ2n) is 6.54. The van der Waals surface area contributed by atoms with Crippen LogP contribution in [0.4, 0.5) is 0 Å². The molecule has 1 saturated heterocycles. The number of unbranched alkanes of at least 4 members (excludes halogenated alkanes) is 2. The predicted octanol–water partition coefficient (Wildman–Crippen LogP) is 0.694. The van der Waals surface area contributed by atoms with Crippen LogP contribution in [0, 0.1) is 11.8 Å². The van der Waals surface area contributed by atoms with Crippen molar-refractivity contribution in [2.45, 2.75) is 48.7 Å². The van der Waals surface area contributed by atoms with Gasteiger partial charge in [-0.3, -0.25) is 0 Å². The zero-order chi connectivity index (χ0) is 15.5. The van der Waals surface area contributed by atoms with E-state index >= 15 is 0 Å². The summed E-state index contributed by atoms with van der Waals surface area (Å²) in [6, 6.07) is 0. The first-order valence-corrected chi connectivity index (χ1v) is 10.9. The third-order valence-corrected chi connectivity index (χ3v) is 10.6. The minimum atomic E-state index is -3.66. The van der Waals surface area contributed by atoms with Gasteiger partial charge in [0.15, 0.2) is 19.7 Å². The van der Waals surface area contributed by atoms with Gasteiger partial charge in [0.2, 0.25) is 0 Å². The van der Waals surface area contributed by atoms with Crippen molar-refractivity contribution in [3.05, 3.63) is 12.2 Å². The van der Waals surface area contributed by atoms with Gasteiger partial charge in [-0.05, 0) is 18.8 Å². The lowest BCUT2D eigenvalue weighted by Gasteiger charge is -2.37. The van der Waals surface area contributed by atoms with E-state index < -0.39 is 41.5 Å². The van der Waals surface area contributed by atoms with E-state index in [2.05, 4.69) is 0 Å². The number of sulfone groups is 2. The summed E-state index contributed by atoms with van der Waals surface area (Å²) in [5.74, 6) is -1.05. The Morgan fingerprint density at radius 3 is 2.67 bits per heavy atom. The van der Waals surface area contributed by atoms with Crippen molar-refractivity contribution in [3.8, 4) is 0 Å². The van der Waals surface area contributed by atoms with Crippen molar-refractivity contribution < 1.29 is 21.9 Å². The van der Waals surface area contributed by atoms with Crippen LogP contribution in [0.1, 0.15) is 32.6 Å². The van der Waals surface area contributed by atoms with E-state index in [1.165, 1.54) is 0 Å². The first kappa shape index (κ1) is 15.5. The van der Waals surface area contributed by atoms with E-state index in [0.29, 0.717) is 12.8 Å². The fraction of sp³-hybridized carbons (Fsp3) is 0.857. The van der Waals surface area contributed by atoms with Gasteiger partial charge in [0.05, 0.1) is 22.9 Å². The SMILES string of the molecule is CCCCCS(=O)(=O)[C@@]12[C@@H](O)CS(=O)(=O)[C@H]1[C@@H]1C=C[C@H]2C1. The number of aliphatic hydroxyl groups excluding tert-OH is 1. The molecule has 2 bridgehead atoms. The normalized spacial score (nSPS) is 43.3. The Hall–Kier alpha value is -0.400. The third-order valence-electron chi connectivity index (χ3n) is 5.38. The zero-order valence-electron chi connectivity index (χ0n) is 12.1. The molecule has 3 rings (SSSR count). The van der Waals surface area contributed by atoms with Gasteiger partial charge in [-0.1, -0.05) is 31.9 Å². The van der Waals surface area contributed by atoms with Crippen molar-refractivity contribution in [1.29, 1.82) is 0 Å². The highest BCUT2D eigenvalue weighted by Gasteiger charge is 2.74. The standard InChI is InChI=1S/C14H22O5S2/c1-2-3-4-7-21(18,19)14-11-6-5-10(8-11)13(14)20(16,17)9-12(14)15/h5-6,10-13,15H,2-4,7-9H2,1H3/t10-,11+,12+,13+,14+/m1/s1. The molecule has 7 heteroatoms. The molecule has 0 amide bonds. The lowest BCUT2D eigenvalue weighted by atomic mass is 9.88. The Morgan fingerprint density at radius 2 is 2.00 bits per heavy atom. The van der Waals surface area contributed by atoms with Crippen molar-refractivity contribution in [2.24, 2.45) is 11.8 Å². The van der Waals surface area contributed by atoms with E-state index in [1.807, 2.05) is 19.1 Å². The Labute approximate surface area is 126 Å². The number of aliphatic hydroxyl groups is 1. The van der Waals surface area contributed by atoms with E-state index in [9.17, 15) is 21.9 Å². The van der Waals surface area contributed by atoms with E-state index in [1.54, 1.807) is 0 Å². The fourth-order valence-electron chi connectivity index (χ4n) is 4.60. The van der Waals surface area contributed by atoms with Gasteiger partial charge in [-0.15, -0.1) is 0 Å². The number of hydrogen-bond donors (Lipinski definition) is 1. The van der Waals surface area contributed by atoms with Gasteiger partial charge in [0.25, 0.3) is 0 Å². The molecule has 120 valence electrons. The van der Waals surface area contributed by atoms with E-state index in [4.69, 9.17) is 0 Å².